The Labute approximate surface area is 124 Å². The molecule has 1 heterocycles. The van der Waals surface area contributed by atoms with Gasteiger partial charge in [0.15, 0.2) is 10.4 Å². The summed E-state index contributed by atoms with van der Waals surface area (Å²) in [4.78, 5) is 23.5. The number of hydrogen-bond acceptors (Lipinski definition) is 3. The Morgan fingerprint density at radius 2 is 1.70 bits per heavy atom. The Kier molecular flexibility index (Phi) is 4.57. The van der Waals surface area contributed by atoms with Crippen molar-refractivity contribution >= 4 is 27.7 Å². The van der Waals surface area contributed by atoms with Crippen LogP contribution in [0.2, 0.25) is 0 Å². The van der Waals surface area contributed by atoms with E-state index in [1.807, 2.05) is 19.1 Å². The molecule has 0 aliphatic heterocycles. The smallest absolute Gasteiger partial charge is 0.305 e. The van der Waals surface area contributed by atoms with E-state index in [0.29, 0.717) is 10.2 Å². The number of rotatable bonds is 3. The molecule has 2 N–H and O–H groups in total. The van der Waals surface area contributed by atoms with E-state index in [2.05, 4.69) is 26.8 Å². The summed E-state index contributed by atoms with van der Waals surface area (Å²) in [6.07, 6.45) is 0.909. The summed E-state index contributed by atoms with van der Waals surface area (Å²) in [6, 6.07) is 10.3. The first kappa shape index (κ1) is 14.3. The SMILES string of the molecule is CCc1ccc(C(=O)NNC(=O)c2ccc(Br)o2)cc1. The fraction of sp³-hybridized carbons (Fsp3) is 0.143. The molecule has 6 heteroatoms. The molecule has 2 amide bonds. The molecule has 104 valence electrons. The fourth-order valence-electron chi connectivity index (χ4n) is 1.58. The minimum Gasteiger partial charge on any atom is -0.444 e. The first-order valence-electron chi connectivity index (χ1n) is 6.05. The molecule has 0 fully saturated rings. The minimum atomic E-state index is -0.519. The van der Waals surface area contributed by atoms with Crippen LogP contribution in [0.4, 0.5) is 0 Å². The van der Waals surface area contributed by atoms with Gasteiger partial charge in [0.1, 0.15) is 0 Å². The van der Waals surface area contributed by atoms with Crippen molar-refractivity contribution in [2.24, 2.45) is 0 Å². The quantitative estimate of drug-likeness (QED) is 0.846. The lowest BCUT2D eigenvalue weighted by Gasteiger charge is -2.06. The Morgan fingerprint density at radius 1 is 1.05 bits per heavy atom. The Hall–Kier alpha value is -2.08. The highest BCUT2D eigenvalue weighted by Gasteiger charge is 2.12. The molecule has 0 saturated heterocycles. The zero-order valence-corrected chi connectivity index (χ0v) is 12.4. The monoisotopic (exact) mass is 336 g/mol. The summed E-state index contributed by atoms with van der Waals surface area (Å²) in [5, 5.41) is 0. The van der Waals surface area contributed by atoms with Crippen molar-refractivity contribution in [2.75, 3.05) is 0 Å². The first-order chi connectivity index (χ1) is 9.60. The number of aryl methyl sites for hydroxylation is 1. The number of halogens is 1. The summed E-state index contributed by atoms with van der Waals surface area (Å²) in [5.74, 6) is -0.792. The molecule has 1 aromatic heterocycles. The van der Waals surface area contributed by atoms with Gasteiger partial charge in [-0.05, 0) is 52.2 Å². The van der Waals surface area contributed by atoms with Crippen molar-refractivity contribution in [1.82, 2.24) is 10.9 Å². The van der Waals surface area contributed by atoms with Crippen LogP contribution in [0.15, 0.2) is 45.5 Å². The normalized spacial score (nSPS) is 10.1. The highest BCUT2D eigenvalue weighted by Crippen LogP contribution is 2.13. The summed E-state index contributed by atoms with van der Waals surface area (Å²) < 4.78 is 5.52. The molecule has 2 aromatic rings. The van der Waals surface area contributed by atoms with Crippen LogP contribution in [0.5, 0.6) is 0 Å². The van der Waals surface area contributed by atoms with Gasteiger partial charge in [-0.25, -0.2) is 0 Å². The van der Waals surface area contributed by atoms with Crippen LogP contribution >= 0.6 is 15.9 Å². The third kappa shape index (κ3) is 3.48. The molecular weight excluding hydrogens is 324 g/mol. The van der Waals surface area contributed by atoms with Crippen molar-refractivity contribution in [1.29, 1.82) is 0 Å². The van der Waals surface area contributed by atoms with Crippen LogP contribution in [0.25, 0.3) is 0 Å². The van der Waals surface area contributed by atoms with Crippen LogP contribution in [0.1, 0.15) is 33.4 Å². The number of benzene rings is 1. The molecule has 0 atom stereocenters. The second-order valence-corrected chi connectivity index (χ2v) is 4.84. The van der Waals surface area contributed by atoms with Crippen LogP contribution in [0, 0.1) is 0 Å². The third-order valence-corrected chi connectivity index (χ3v) is 3.14. The predicted molar refractivity (Wildman–Crippen MR) is 77.2 cm³/mol. The molecule has 5 nitrogen and oxygen atoms in total. The molecule has 1 aromatic carbocycles. The van der Waals surface area contributed by atoms with Gasteiger partial charge >= 0.3 is 5.91 Å². The second-order valence-electron chi connectivity index (χ2n) is 4.06. The lowest BCUT2D eigenvalue weighted by Crippen LogP contribution is -2.41. The molecule has 20 heavy (non-hydrogen) atoms. The van der Waals surface area contributed by atoms with E-state index in [1.54, 1.807) is 18.2 Å². The number of amides is 2. The summed E-state index contributed by atoms with van der Waals surface area (Å²) in [6.45, 7) is 2.04. The predicted octanol–water partition coefficient (Wildman–Crippen LogP) is 2.68. The minimum absolute atomic E-state index is 0.110. The summed E-state index contributed by atoms with van der Waals surface area (Å²) in [7, 11) is 0. The fourth-order valence-corrected chi connectivity index (χ4v) is 1.88. The van der Waals surface area contributed by atoms with E-state index in [-0.39, 0.29) is 11.7 Å². The van der Waals surface area contributed by atoms with Crippen LogP contribution in [0.3, 0.4) is 0 Å². The van der Waals surface area contributed by atoms with Crippen molar-refractivity contribution in [3.8, 4) is 0 Å². The molecule has 0 radical (unpaired) electrons. The highest BCUT2D eigenvalue weighted by atomic mass is 79.9. The third-order valence-electron chi connectivity index (χ3n) is 2.71. The van der Waals surface area contributed by atoms with Gasteiger partial charge < -0.3 is 4.42 Å². The zero-order chi connectivity index (χ0) is 14.5. The topological polar surface area (TPSA) is 71.3 Å². The average Bonchev–Trinajstić information content (AvgIpc) is 2.91. The number of carbonyl (C=O) groups is 2. The van der Waals surface area contributed by atoms with Crippen LogP contribution < -0.4 is 10.9 Å². The van der Waals surface area contributed by atoms with Crippen LogP contribution in [-0.4, -0.2) is 11.8 Å². The zero-order valence-electron chi connectivity index (χ0n) is 10.8. The van der Waals surface area contributed by atoms with Crippen molar-refractivity contribution < 1.29 is 14.0 Å². The van der Waals surface area contributed by atoms with E-state index in [4.69, 9.17) is 4.42 Å². The first-order valence-corrected chi connectivity index (χ1v) is 6.84. The lowest BCUT2D eigenvalue weighted by atomic mass is 10.1. The number of nitrogens with one attached hydrogen (secondary N) is 2. The molecule has 0 aliphatic carbocycles. The van der Waals surface area contributed by atoms with E-state index >= 15 is 0 Å². The molecule has 0 aliphatic rings. The molecular formula is C14H13BrN2O3. The van der Waals surface area contributed by atoms with Gasteiger partial charge in [-0.2, -0.15) is 0 Å². The van der Waals surface area contributed by atoms with Gasteiger partial charge in [-0.3, -0.25) is 20.4 Å². The van der Waals surface area contributed by atoms with Crippen molar-refractivity contribution in [3.05, 3.63) is 58.0 Å². The average molecular weight is 337 g/mol. The Bertz CT molecular complexity index is 620. The van der Waals surface area contributed by atoms with Gasteiger partial charge in [-0.1, -0.05) is 19.1 Å². The molecule has 0 bridgehead atoms. The lowest BCUT2D eigenvalue weighted by molar-refractivity contribution is 0.0830. The largest absolute Gasteiger partial charge is 0.444 e. The number of carbonyl (C=O) groups excluding carboxylic acids is 2. The molecule has 0 spiro atoms. The van der Waals surface area contributed by atoms with Crippen LogP contribution in [-0.2, 0) is 6.42 Å². The molecule has 2 rings (SSSR count). The number of hydrogen-bond donors (Lipinski definition) is 2. The van der Waals surface area contributed by atoms with Gasteiger partial charge in [0.25, 0.3) is 5.91 Å². The maximum atomic E-state index is 11.8. The maximum Gasteiger partial charge on any atom is 0.305 e. The van der Waals surface area contributed by atoms with E-state index in [0.717, 1.165) is 12.0 Å². The molecule has 0 saturated carbocycles. The van der Waals surface area contributed by atoms with E-state index < -0.39 is 5.91 Å². The van der Waals surface area contributed by atoms with E-state index in [9.17, 15) is 9.59 Å². The van der Waals surface area contributed by atoms with Gasteiger partial charge in [0.2, 0.25) is 0 Å². The van der Waals surface area contributed by atoms with E-state index in [1.165, 1.54) is 6.07 Å². The van der Waals surface area contributed by atoms with Gasteiger partial charge in [0, 0.05) is 5.56 Å². The van der Waals surface area contributed by atoms with Gasteiger partial charge in [-0.15, -0.1) is 0 Å². The summed E-state index contributed by atoms with van der Waals surface area (Å²) in [5.41, 5.74) is 6.24. The highest BCUT2D eigenvalue weighted by molar-refractivity contribution is 9.10. The van der Waals surface area contributed by atoms with Crippen molar-refractivity contribution in [2.45, 2.75) is 13.3 Å². The summed E-state index contributed by atoms with van der Waals surface area (Å²) >= 11 is 3.10. The Morgan fingerprint density at radius 3 is 2.25 bits per heavy atom. The van der Waals surface area contributed by atoms with Gasteiger partial charge in [0.05, 0.1) is 0 Å². The van der Waals surface area contributed by atoms with Crippen molar-refractivity contribution in [3.63, 3.8) is 0 Å². The molecule has 0 unspecified atom stereocenters. The number of furan rings is 1. The second kappa shape index (κ2) is 6.38. The Balaban J connectivity index is 1.92. The standard InChI is InChI=1S/C14H13BrN2O3/c1-2-9-3-5-10(6-4-9)13(18)16-17-14(19)11-7-8-12(15)20-11/h3-8H,2H2,1H3,(H,16,18)(H,17,19). The maximum absolute atomic E-state index is 11.8. The number of hydrazine groups is 1.